The highest BCUT2D eigenvalue weighted by molar-refractivity contribution is 5.92. The molecule has 1 N–H and O–H groups in total. The lowest BCUT2D eigenvalue weighted by atomic mass is 10.2. The van der Waals surface area contributed by atoms with E-state index < -0.39 is 0 Å². The van der Waals surface area contributed by atoms with E-state index in [0.717, 1.165) is 5.56 Å². The SMILES string of the molecule is C[C@H](NC(=O)c1cn(Cc2ccccc2)nn1)C1CC1. The van der Waals surface area contributed by atoms with Gasteiger partial charge in [0.2, 0.25) is 0 Å². The van der Waals surface area contributed by atoms with Crippen LogP contribution in [0.5, 0.6) is 0 Å². The van der Waals surface area contributed by atoms with Crippen molar-refractivity contribution in [1.29, 1.82) is 0 Å². The van der Waals surface area contributed by atoms with Crippen LogP contribution < -0.4 is 5.32 Å². The zero-order chi connectivity index (χ0) is 13.9. The van der Waals surface area contributed by atoms with Crippen LogP contribution in [0.3, 0.4) is 0 Å². The van der Waals surface area contributed by atoms with Crippen molar-refractivity contribution in [3.8, 4) is 0 Å². The van der Waals surface area contributed by atoms with E-state index in [2.05, 4.69) is 15.6 Å². The van der Waals surface area contributed by atoms with Gasteiger partial charge < -0.3 is 5.32 Å². The fraction of sp³-hybridized carbons (Fsp3) is 0.400. The van der Waals surface area contributed by atoms with Crippen LogP contribution >= 0.6 is 0 Å². The molecule has 1 aromatic carbocycles. The summed E-state index contributed by atoms with van der Waals surface area (Å²) in [5.41, 5.74) is 1.52. The Labute approximate surface area is 118 Å². The first kappa shape index (κ1) is 12.8. The number of carbonyl (C=O) groups is 1. The van der Waals surface area contributed by atoms with Gasteiger partial charge in [-0.3, -0.25) is 4.79 Å². The van der Waals surface area contributed by atoms with Crippen molar-refractivity contribution in [1.82, 2.24) is 20.3 Å². The Bertz CT molecular complexity index is 589. The molecule has 5 nitrogen and oxygen atoms in total. The summed E-state index contributed by atoms with van der Waals surface area (Å²) >= 11 is 0. The van der Waals surface area contributed by atoms with E-state index in [4.69, 9.17) is 0 Å². The maximum absolute atomic E-state index is 12.0. The molecule has 1 amide bonds. The molecule has 0 bridgehead atoms. The summed E-state index contributed by atoms with van der Waals surface area (Å²) in [5.74, 6) is 0.502. The van der Waals surface area contributed by atoms with E-state index in [1.165, 1.54) is 12.8 Å². The third-order valence-corrected chi connectivity index (χ3v) is 3.65. The van der Waals surface area contributed by atoms with Crippen LogP contribution in [-0.4, -0.2) is 26.9 Å². The number of nitrogens with zero attached hydrogens (tertiary/aromatic N) is 3. The summed E-state index contributed by atoms with van der Waals surface area (Å²) in [5, 5.41) is 10.9. The van der Waals surface area contributed by atoms with Crippen LogP contribution in [0, 0.1) is 5.92 Å². The Morgan fingerprint density at radius 3 is 2.85 bits per heavy atom. The molecule has 0 spiro atoms. The van der Waals surface area contributed by atoms with Crippen molar-refractivity contribution < 1.29 is 4.79 Å². The number of amides is 1. The van der Waals surface area contributed by atoms with Crippen molar-refractivity contribution in [2.24, 2.45) is 5.92 Å². The van der Waals surface area contributed by atoms with Crippen LogP contribution in [0.25, 0.3) is 0 Å². The van der Waals surface area contributed by atoms with Gasteiger partial charge in [-0.05, 0) is 31.2 Å². The first-order valence-corrected chi connectivity index (χ1v) is 6.97. The Hall–Kier alpha value is -2.17. The molecular formula is C15H18N4O. The molecule has 1 aromatic heterocycles. The summed E-state index contributed by atoms with van der Waals surface area (Å²) in [7, 11) is 0. The molecule has 104 valence electrons. The van der Waals surface area contributed by atoms with Crippen LogP contribution in [-0.2, 0) is 6.54 Å². The number of benzene rings is 1. The Morgan fingerprint density at radius 2 is 2.15 bits per heavy atom. The van der Waals surface area contributed by atoms with E-state index in [1.807, 2.05) is 37.3 Å². The summed E-state index contributed by atoms with van der Waals surface area (Å²) in [4.78, 5) is 12.0. The van der Waals surface area contributed by atoms with Gasteiger partial charge in [0.25, 0.3) is 5.91 Å². The number of hydrogen-bond acceptors (Lipinski definition) is 3. The summed E-state index contributed by atoms with van der Waals surface area (Å²) in [6.45, 7) is 2.67. The molecule has 2 aromatic rings. The zero-order valence-corrected chi connectivity index (χ0v) is 11.5. The molecule has 0 unspecified atom stereocenters. The normalized spacial score (nSPS) is 15.8. The second-order valence-corrected chi connectivity index (χ2v) is 5.39. The van der Waals surface area contributed by atoms with Crippen LogP contribution in [0.4, 0.5) is 0 Å². The van der Waals surface area contributed by atoms with Gasteiger partial charge in [0.1, 0.15) is 0 Å². The van der Waals surface area contributed by atoms with Gasteiger partial charge in [-0.25, -0.2) is 4.68 Å². The number of aromatic nitrogens is 3. The van der Waals surface area contributed by atoms with Crippen molar-refractivity contribution >= 4 is 5.91 Å². The highest BCUT2D eigenvalue weighted by atomic mass is 16.2. The van der Waals surface area contributed by atoms with Crippen molar-refractivity contribution in [2.75, 3.05) is 0 Å². The van der Waals surface area contributed by atoms with Gasteiger partial charge in [0, 0.05) is 6.04 Å². The number of nitrogens with one attached hydrogen (secondary N) is 1. The molecule has 20 heavy (non-hydrogen) atoms. The average molecular weight is 270 g/mol. The topological polar surface area (TPSA) is 59.8 Å². The quantitative estimate of drug-likeness (QED) is 0.902. The summed E-state index contributed by atoms with van der Waals surface area (Å²) < 4.78 is 1.69. The fourth-order valence-corrected chi connectivity index (χ4v) is 2.25. The smallest absolute Gasteiger partial charge is 0.273 e. The van der Waals surface area contributed by atoms with E-state index in [9.17, 15) is 4.79 Å². The Balaban J connectivity index is 1.62. The van der Waals surface area contributed by atoms with Gasteiger partial charge >= 0.3 is 0 Å². The molecule has 1 atom stereocenters. The maximum atomic E-state index is 12.0. The lowest BCUT2D eigenvalue weighted by molar-refractivity contribution is 0.0930. The molecule has 1 aliphatic rings. The first-order valence-electron chi connectivity index (χ1n) is 6.97. The van der Waals surface area contributed by atoms with Gasteiger partial charge in [-0.15, -0.1) is 5.10 Å². The van der Waals surface area contributed by atoms with Gasteiger partial charge in [0.15, 0.2) is 5.69 Å². The third kappa shape index (κ3) is 3.04. The highest BCUT2D eigenvalue weighted by Crippen LogP contribution is 2.32. The lowest BCUT2D eigenvalue weighted by Crippen LogP contribution is -2.34. The molecule has 1 saturated carbocycles. The van der Waals surface area contributed by atoms with Crippen LogP contribution in [0.2, 0.25) is 0 Å². The Kier molecular flexibility index (Phi) is 3.50. The highest BCUT2D eigenvalue weighted by Gasteiger charge is 2.29. The Morgan fingerprint density at radius 1 is 1.40 bits per heavy atom. The van der Waals surface area contributed by atoms with E-state index in [-0.39, 0.29) is 11.9 Å². The van der Waals surface area contributed by atoms with Gasteiger partial charge in [-0.2, -0.15) is 0 Å². The van der Waals surface area contributed by atoms with E-state index in [1.54, 1.807) is 10.9 Å². The van der Waals surface area contributed by atoms with Crippen molar-refractivity contribution in [2.45, 2.75) is 32.4 Å². The summed E-state index contributed by atoms with van der Waals surface area (Å²) in [6.07, 6.45) is 4.12. The number of hydrogen-bond donors (Lipinski definition) is 1. The molecule has 0 aliphatic heterocycles. The molecule has 0 radical (unpaired) electrons. The first-order chi connectivity index (χ1) is 9.72. The molecule has 1 fully saturated rings. The fourth-order valence-electron chi connectivity index (χ4n) is 2.25. The lowest BCUT2D eigenvalue weighted by Gasteiger charge is -2.10. The minimum absolute atomic E-state index is 0.135. The second kappa shape index (κ2) is 5.45. The van der Waals surface area contributed by atoms with E-state index >= 15 is 0 Å². The molecule has 1 heterocycles. The average Bonchev–Trinajstić information content (AvgIpc) is 3.20. The summed E-state index contributed by atoms with van der Waals surface area (Å²) in [6, 6.07) is 10.2. The van der Waals surface area contributed by atoms with Gasteiger partial charge in [-0.1, -0.05) is 35.5 Å². The predicted octanol–water partition coefficient (Wildman–Crippen LogP) is 1.85. The monoisotopic (exact) mass is 270 g/mol. The second-order valence-electron chi connectivity index (χ2n) is 5.39. The predicted molar refractivity (Wildman–Crippen MR) is 75.2 cm³/mol. The standard InChI is InChI=1S/C15H18N4O/c1-11(13-7-8-13)16-15(20)14-10-19(18-17-14)9-12-5-3-2-4-6-12/h2-6,10-11,13H,7-9H2,1H3,(H,16,20)/t11-/m0/s1. The minimum Gasteiger partial charge on any atom is -0.348 e. The largest absolute Gasteiger partial charge is 0.348 e. The molecule has 0 saturated heterocycles. The molecule has 1 aliphatic carbocycles. The maximum Gasteiger partial charge on any atom is 0.273 e. The number of carbonyl (C=O) groups excluding carboxylic acids is 1. The minimum atomic E-state index is -0.135. The molecular weight excluding hydrogens is 252 g/mol. The van der Waals surface area contributed by atoms with Crippen LogP contribution in [0.1, 0.15) is 35.8 Å². The van der Waals surface area contributed by atoms with Crippen molar-refractivity contribution in [3.05, 3.63) is 47.8 Å². The third-order valence-electron chi connectivity index (χ3n) is 3.65. The zero-order valence-electron chi connectivity index (χ0n) is 11.5. The van der Waals surface area contributed by atoms with Crippen molar-refractivity contribution in [3.63, 3.8) is 0 Å². The molecule has 3 rings (SSSR count). The van der Waals surface area contributed by atoms with E-state index in [0.29, 0.717) is 18.2 Å². The number of rotatable bonds is 5. The van der Waals surface area contributed by atoms with Crippen LogP contribution in [0.15, 0.2) is 36.5 Å². The molecule has 5 heteroatoms. The van der Waals surface area contributed by atoms with Gasteiger partial charge in [0.05, 0.1) is 12.7 Å².